The SMILES string of the molecule is OC(C1CCOC2(CCCCC2)C1)C1CCCCS1. The van der Waals surface area contributed by atoms with Crippen LogP contribution in [0.5, 0.6) is 0 Å². The standard InChI is InChI=1S/C16H28O2S/c17-15(14-6-2-5-11-19-14)13-7-10-18-16(12-13)8-3-1-4-9-16/h13-15,17H,1-12H2. The second-order valence-corrected chi connectivity index (χ2v) is 8.09. The van der Waals surface area contributed by atoms with E-state index in [0.29, 0.717) is 11.2 Å². The van der Waals surface area contributed by atoms with E-state index in [-0.39, 0.29) is 11.7 Å². The van der Waals surface area contributed by atoms with Gasteiger partial charge in [0.2, 0.25) is 0 Å². The van der Waals surface area contributed by atoms with Crippen LogP contribution in [0.25, 0.3) is 0 Å². The molecule has 0 radical (unpaired) electrons. The summed E-state index contributed by atoms with van der Waals surface area (Å²) in [5, 5.41) is 11.2. The molecule has 1 spiro atoms. The lowest BCUT2D eigenvalue weighted by atomic mass is 9.74. The lowest BCUT2D eigenvalue weighted by Gasteiger charge is -2.46. The first-order valence-corrected chi connectivity index (χ1v) is 9.28. The third kappa shape index (κ3) is 3.30. The summed E-state index contributed by atoms with van der Waals surface area (Å²) in [5.74, 6) is 1.73. The first-order valence-electron chi connectivity index (χ1n) is 8.23. The molecule has 1 N–H and O–H groups in total. The van der Waals surface area contributed by atoms with Crippen LogP contribution < -0.4 is 0 Å². The van der Waals surface area contributed by atoms with Gasteiger partial charge in [0.05, 0.1) is 11.7 Å². The first kappa shape index (κ1) is 14.2. The van der Waals surface area contributed by atoms with Gasteiger partial charge in [-0.25, -0.2) is 0 Å². The molecular weight excluding hydrogens is 256 g/mol. The van der Waals surface area contributed by atoms with E-state index >= 15 is 0 Å². The summed E-state index contributed by atoms with van der Waals surface area (Å²) in [6, 6.07) is 0. The summed E-state index contributed by atoms with van der Waals surface area (Å²) < 4.78 is 6.16. The second kappa shape index (κ2) is 6.36. The highest BCUT2D eigenvalue weighted by Crippen LogP contribution is 2.43. The minimum Gasteiger partial charge on any atom is -0.392 e. The van der Waals surface area contributed by atoms with Gasteiger partial charge < -0.3 is 9.84 Å². The van der Waals surface area contributed by atoms with Gasteiger partial charge in [0, 0.05) is 11.9 Å². The van der Waals surface area contributed by atoms with Crippen molar-refractivity contribution in [1.29, 1.82) is 0 Å². The Bertz CT molecular complexity index is 277. The summed E-state index contributed by atoms with van der Waals surface area (Å²) in [6.07, 6.45) is 12.4. The van der Waals surface area contributed by atoms with Crippen LogP contribution in [0.15, 0.2) is 0 Å². The van der Waals surface area contributed by atoms with Gasteiger partial charge in [0.1, 0.15) is 0 Å². The van der Waals surface area contributed by atoms with Crippen molar-refractivity contribution in [3.63, 3.8) is 0 Å². The molecule has 3 unspecified atom stereocenters. The molecule has 0 bridgehead atoms. The van der Waals surface area contributed by atoms with Crippen LogP contribution in [0.2, 0.25) is 0 Å². The van der Waals surface area contributed by atoms with E-state index in [1.165, 1.54) is 57.1 Å². The average molecular weight is 284 g/mol. The highest BCUT2D eigenvalue weighted by Gasteiger charge is 2.42. The molecule has 0 aromatic carbocycles. The summed E-state index contributed by atoms with van der Waals surface area (Å²) in [7, 11) is 0. The smallest absolute Gasteiger partial charge is 0.0688 e. The quantitative estimate of drug-likeness (QED) is 0.837. The minimum absolute atomic E-state index is 0.0898. The van der Waals surface area contributed by atoms with Crippen LogP contribution in [0.3, 0.4) is 0 Å². The minimum atomic E-state index is -0.0898. The van der Waals surface area contributed by atoms with Gasteiger partial charge >= 0.3 is 0 Å². The van der Waals surface area contributed by atoms with Crippen LogP contribution in [-0.2, 0) is 4.74 Å². The molecule has 2 aliphatic heterocycles. The van der Waals surface area contributed by atoms with Crippen molar-refractivity contribution in [3.8, 4) is 0 Å². The number of hydrogen-bond acceptors (Lipinski definition) is 3. The lowest BCUT2D eigenvalue weighted by molar-refractivity contribution is -0.133. The average Bonchev–Trinajstić information content (AvgIpc) is 2.48. The van der Waals surface area contributed by atoms with Crippen molar-refractivity contribution in [2.75, 3.05) is 12.4 Å². The van der Waals surface area contributed by atoms with Crippen molar-refractivity contribution in [3.05, 3.63) is 0 Å². The maximum Gasteiger partial charge on any atom is 0.0688 e. The Morgan fingerprint density at radius 1 is 1.05 bits per heavy atom. The van der Waals surface area contributed by atoms with Crippen molar-refractivity contribution in [2.24, 2.45) is 5.92 Å². The van der Waals surface area contributed by atoms with Gasteiger partial charge in [-0.1, -0.05) is 25.7 Å². The maximum absolute atomic E-state index is 10.7. The Kier molecular flexibility index (Phi) is 4.76. The zero-order chi connectivity index (χ0) is 13.1. The Morgan fingerprint density at radius 3 is 2.63 bits per heavy atom. The molecule has 2 saturated heterocycles. The zero-order valence-corrected chi connectivity index (χ0v) is 12.8. The van der Waals surface area contributed by atoms with E-state index in [9.17, 15) is 5.11 Å². The number of hydrogen-bond donors (Lipinski definition) is 1. The fourth-order valence-corrected chi connectivity index (χ4v) is 5.67. The van der Waals surface area contributed by atoms with E-state index in [2.05, 4.69) is 0 Å². The van der Waals surface area contributed by atoms with Gasteiger partial charge in [-0.3, -0.25) is 0 Å². The Hall–Kier alpha value is 0.270. The Balaban J connectivity index is 1.60. The molecule has 2 nitrogen and oxygen atoms in total. The predicted molar refractivity (Wildman–Crippen MR) is 80.6 cm³/mol. The first-order chi connectivity index (χ1) is 9.29. The van der Waals surface area contributed by atoms with E-state index in [4.69, 9.17) is 4.74 Å². The Morgan fingerprint density at radius 2 is 1.89 bits per heavy atom. The molecule has 3 aliphatic rings. The summed E-state index contributed by atoms with van der Waals surface area (Å²) in [5.41, 5.74) is 0.140. The number of aliphatic hydroxyl groups is 1. The zero-order valence-electron chi connectivity index (χ0n) is 12.0. The molecule has 3 atom stereocenters. The summed E-state index contributed by atoms with van der Waals surface area (Å²) in [4.78, 5) is 0. The molecule has 2 heterocycles. The van der Waals surface area contributed by atoms with Crippen LogP contribution in [0.4, 0.5) is 0 Å². The lowest BCUT2D eigenvalue weighted by Crippen LogP contribution is -2.46. The van der Waals surface area contributed by atoms with Crippen LogP contribution in [-0.4, -0.2) is 34.4 Å². The molecule has 19 heavy (non-hydrogen) atoms. The van der Waals surface area contributed by atoms with Crippen molar-refractivity contribution in [1.82, 2.24) is 0 Å². The molecular formula is C16H28O2S. The highest BCUT2D eigenvalue weighted by molar-refractivity contribution is 8.00. The van der Waals surface area contributed by atoms with Crippen molar-refractivity contribution >= 4 is 11.8 Å². The molecule has 3 fully saturated rings. The topological polar surface area (TPSA) is 29.5 Å². The van der Waals surface area contributed by atoms with Gasteiger partial charge in [-0.15, -0.1) is 0 Å². The fraction of sp³-hybridized carbons (Fsp3) is 1.00. The molecule has 3 rings (SSSR count). The summed E-state index contributed by atoms with van der Waals surface area (Å²) >= 11 is 2.01. The third-order valence-electron chi connectivity index (χ3n) is 5.37. The van der Waals surface area contributed by atoms with E-state index in [1.54, 1.807) is 0 Å². The van der Waals surface area contributed by atoms with Crippen LogP contribution in [0, 0.1) is 5.92 Å². The number of rotatable bonds is 2. The molecule has 1 aliphatic carbocycles. The predicted octanol–water partition coefficient (Wildman–Crippen LogP) is 3.76. The largest absolute Gasteiger partial charge is 0.392 e. The third-order valence-corrected chi connectivity index (χ3v) is 6.84. The van der Waals surface area contributed by atoms with E-state index < -0.39 is 0 Å². The maximum atomic E-state index is 10.7. The van der Waals surface area contributed by atoms with Gasteiger partial charge in [0.15, 0.2) is 0 Å². The molecule has 1 saturated carbocycles. The van der Waals surface area contributed by atoms with Crippen LogP contribution >= 0.6 is 11.8 Å². The van der Waals surface area contributed by atoms with E-state index in [1.807, 2.05) is 11.8 Å². The number of aliphatic hydroxyl groups excluding tert-OH is 1. The molecule has 110 valence electrons. The number of thioether (sulfide) groups is 1. The van der Waals surface area contributed by atoms with Gasteiger partial charge in [0.25, 0.3) is 0 Å². The molecule has 0 amide bonds. The van der Waals surface area contributed by atoms with Gasteiger partial charge in [-0.2, -0.15) is 11.8 Å². The summed E-state index contributed by atoms with van der Waals surface area (Å²) in [6.45, 7) is 0.874. The van der Waals surface area contributed by atoms with Crippen molar-refractivity contribution < 1.29 is 9.84 Å². The molecule has 3 heteroatoms. The fourth-order valence-electron chi connectivity index (χ4n) is 4.24. The Labute approximate surface area is 121 Å². The second-order valence-electron chi connectivity index (χ2n) is 6.74. The normalized spacial score (nSPS) is 37.1. The van der Waals surface area contributed by atoms with Crippen LogP contribution in [0.1, 0.15) is 64.2 Å². The van der Waals surface area contributed by atoms with Gasteiger partial charge in [-0.05, 0) is 50.2 Å². The van der Waals surface area contributed by atoms with Crippen molar-refractivity contribution in [2.45, 2.75) is 81.2 Å². The highest BCUT2D eigenvalue weighted by atomic mass is 32.2. The van der Waals surface area contributed by atoms with E-state index in [0.717, 1.165) is 19.4 Å². The molecule has 0 aromatic rings. The molecule has 0 aromatic heterocycles. The monoisotopic (exact) mass is 284 g/mol. The number of ether oxygens (including phenoxy) is 1.